The van der Waals surface area contributed by atoms with Crippen molar-refractivity contribution in [3.63, 3.8) is 0 Å². The molecule has 22 heavy (non-hydrogen) atoms. The first-order valence-electron chi connectivity index (χ1n) is 7.62. The van der Waals surface area contributed by atoms with Crippen molar-refractivity contribution >= 4 is 28.5 Å². The third-order valence-corrected chi connectivity index (χ3v) is 5.59. The minimum atomic E-state index is -0.354. The van der Waals surface area contributed by atoms with E-state index in [9.17, 15) is 10.0 Å². The summed E-state index contributed by atoms with van der Waals surface area (Å²) in [5.74, 6) is 0.0368. The number of alkyl halides is 1. The predicted molar refractivity (Wildman–Crippen MR) is 96.2 cm³/mol. The maximum absolute atomic E-state index is 12.5. The van der Waals surface area contributed by atoms with Crippen LogP contribution in [0.25, 0.3) is 0 Å². The topological polar surface area (TPSA) is 52.6 Å². The Balaban J connectivity index is 2.06. The van der Waals surface area contributed by atoms with Crippen LogP contribution in [-0.4, -0.2) is 33.3 Å². The van der Waals surface area contributed by atoms with Crippen LogP contribution >= 0.6 is 22.6 Å². The Morgan fingerprint density at radius 3 is 2.23 bits per heavy atom. The molecule has 5 heteroatoms. The quantitative estimate of drug-likeness (QED) is 0.584. The van der Waals surface area contributed by atoms with Crippen LogP contribution < -0.4 is 5.32 Å². The Hall–Kier alpha value is -0.660. The number of nitrogens with zero attached hydrogens (tertiary/aromatic N) is 1. The van der Waals surface area contributed by atoms with Gasteiger partial charge >= 0.3 is 0 Å². The molecule has 0 bridgehead atoms. The number of rotatable bonds is 3. The maximum atomic E-state index is 12.5. The van der Waals surface area contributed by atoms with Crippen molar-refractivity contribution in [1.29, 1.82) is 0 Å². The third-order valence-electron chi connectivity index (χ3n) is 4.31. The zero-order valence-corrected chi connectivity index (χ0v) is 15.8. The molecule has 1 aliphatic rings. The smallest absolute Gasteiger partial charge is 0.237 e. The highest BCUT2D eigenvalue weighted by molar-refractivity contribution is 14.1. The molecule has 1 heterocycles. The Labute approximate surface area is 146 Å². The van der Waals surface area contributed by atoms with Gasteiger partial charge in [-0.2, -0.15) is 5.06 Å². The van der Waals surface area contributed by atoms with Gasteiger partial charge < -0.3 is 10.5 Å². The summed E-state index contributed by atoms with van der Waals surface area (Å²) in [5.41, 5.74) is 0.305. The zero-order valence-electron chi connectivity index (χ0n) is 13.6. The number of carbonyl (C=O) groups is 1. The fourth-order valence-corrected chi connectivity index (χ4v) is 4.02. The fourth-order valence-electron chi connectivity index (χ4n) is 3.42. The Morgan fingerprint density at radius 2 is 1.73 bits per heavy atom. The predicted octanol–water partition coefficient (Wildman–Crippen LogP) is 3.69. The molecule has 0 radical (unpaired) electrons. The summed E-state index contributed by atoms with van der Waals surface area (Å²) in [6.07, 6.45) is 1.47. The van der Waals surface area contributed by atoms with E-state index in [4.69, 9.17) is 0 Å². The molecule has 1 fully saturated rings. The number of nitrogens with one attached hydrogen (secondary N) is 1. The molecule has 2 rings (SSSR count). The highest BCUT2D eigenvalue weighted by Crippen LogP contribution is 2.37. The highest BCUT2D eigenvalue weighted by atomic mass is 127. The molecule has 0 aromatic heterocycles. The molecular weight excluding hydrogens is 391 g/mol. The molecule has 1 unspecified atom stereocenters. The summed E-state index contributed by atoms with van der Waals surface area (Å²) in [4.78, 5) is 12.5. The molecule has 1 aromatic rings. The molecule has 1 atom stereocenters. The van der Waals surface area contributed by atoms with E-state index in [1.165, 1.54) is 5.06 Å². The molecule has 1 aromatic carbocycles. The summed E-state index contributed by atoms with van der Waals surface area (Å²) < 4.78 is -0.197. The lowest BCUT2D eigenvalue weighted by molar-refractivity contribution is -0.246. The van der Waals surface area contributed by atoms with Crippen LogP contribution in [0.2, 0.25) is 0 Å². The Bertz CT molecular complexity index is 513. The summed E-state index contributed by atoms with van der Waals surface area (Å²) in [5, 5.41) is 14.9. The number of hydrogen-bond donors (Lipinski definition) is 2. The normalized spacial score (nSPS) is 23.0. The monoisotopic (exact) mass is 416 g/mol. The number of carbonyl (C=O) groups excluding carboxylic acids is 1. The van der Waals surface area contributed by atoms with Gasteiger partial charge in [0.2, 0.25) is 5.91 Å². The number of hydroxylamine groups is 2. The van der Waals surface area contributed by atoms with E-state index in [2.05, 4.69) is 27.9 Å². The fraction of sp³-hybridized carbons (Fsp3) is 0.588. The molecule has 1 saturated heterocycles. The third kappa shape index (κ3) is 3.81. The van der Waals surface area contributed by atoms with Crippen LogP contribution in [0.15, 0.2) is 30.3 Å². The first kappa shape index (κ1) is 17.7. The lowest BCUT2D eigenvalue weighted by Gasteiger charge is -2.51. The summed E-state index contributed by atoms with van der Waals surface area (Å²) >= 11 is 2.18. The van der Waals surface area contributed by atoms with E-state index in [1.807, 2.05) is 58.0 Å². The average molecular weight is 416 g/mol. The van der Waals surface area contributed by atoms with Gasteiger partial charge in [0.25, 0.3) is 0 Å². The van der Waals surface area contributed by atoms with E-state index >= 15 is 0 Å². The zero-order chi connectivity index (χ0) is 16.5. The molecule has 0 spiro atoms. The molecule has 0 aliphatic carbocycles. The van der Waals surface area contributed by atoms with Crippen molar-refractivity contribution in [2.24, 2.45) is 0 Å². The van der Waals surface area contributed by atoms with Gasteiger partial charge in [0.05, 0.1) is 0 Å². The average Bonchev–Trinajstić information content (AvgIpc) is 2.44. The van der Waals surface area contributed by atoms with E-state index in [-0.39, 0.29) is 27.0 Å². The Kier molecular flexibility index (Phi) is 5.19. The van der Waals surface area contributed by atoms with Gasteiger partial charge in [0.1, 0.15) is 3.92 Å². The molecule has 1 amide bonds. The van der Waals surface area contributed by atoms with Crippen LogP contribution in [0.3, 0.4) is 0 Å². The van der Waals surface area contributed by atoms with Crippen LogP contribution in [0.5, 0.6) is 0 Å². The molecule has 0 saturated carbocycles. The van der Waals surface area contributed by atoms with E-state index in [0.717, 1.165) is 18.4 Å². The lowest BCUT2D eigenvalue weighted by Crippen LogP contribution is -2.63. The second kappa shape index (κ2) is 6.45. The van der Waals surface area contributed by atoms with Crippen molar-refractivity contribution < 1.29 is 10.0 Å². The number of amides is 1. The van der Waals surface area contributed by atoms with Crippen molar-refractivity contribution in [1.82, 2.24) is 10.4 Å². The summed E-state index contributed by atoms with van der Waals surface area (Å²) in [6.45, 7) is 8.02. The second-order valence-corrected chi connectivity index (χ2v) is 8.57. The minimum absolute atomic E-state index is 0.0368. The minimum Gasteiger partial charge on any atom is -0.352 e. The SMILES string of the molecule is CC1(C)CC(NC(=O)C(I)c2ccccc2)CC(C)(C)N1O. The van der Waals surface area contributed by atoms with Crippen LogP contribution in [0.4, 0.5) is 0 Å². The number of piperidine rings is 1. The number of halogens is 1. The van der Waals surface area contributed by atoms with Crippen LogP contribution in [-0.2, 0) is 4.79 Å². The maximum Gasteiger partial charge on any atom is 0.237 e. The van der Waals surface area contributed by atoms with Crippen LogP contribution in [0, 0.1) is 0 Å². The lowest BCUT2D eigenvalue weighted by atomic mass is 9.79. The van der Waals surface area contributed by atoms with Crippen molar-refractivity contribution in [3.05, 3.63) is 35.9 Å². The summed E-state index contributed by atoms with van der Waals surface area (Å²) in [7, 11) is 0. The van der Waals surface area contributed by atoms with Gasteiger partial charge in [-0.3, -0.25) is 4.79 Å². The van der Waals surface area contributed by atoms with Gasteiger partial charge in [-0.15, -0.1) is 0 Å². The van der Waals surface area contributed by atoms with E-state index in [0.29, 0.717) is 0 Å². The highest BCUT2D eigenvalue weighted by Gasteiger charge is 2.45. The molecule has 1 aliphatic heterocycles. The van der Waals surface area contributed by atoms with Crippen LogP contribution in [0.1, 0.15) is 50.0 Å². The largest absolute Gasteiger partial charge is 0.352 e. The molecule has 2 N–H and O–H groups in total. The van der Waals surface area contributed by atoms with Crippen molar-refractivity contribution in [2.75, 3.05) is 0 Å². The van der Waals surface area contributed by atoms with E-state index in [1.54, 1.807) is 0 Å². The van der Waals surface area contributed by atoms with Gasteiger partial charge in [0.15, 0.2) is 0 Å². The summed E-state index contributed by atoms with van der Waals surface area (Å²) in [6, 6.07) is 9.87. The van der Waals surface area contributed by atoms with E-state index < -0.39 is 0 Å². The molecule has 122 valence electrons. The second-order valence-electron chi connectivity index (χ2n) is 7.32. The first-order valence-corrected chi connectivity index (χ1v) is 8.87. The van der Waals surface area contributed by atoms with Crippen molar-refractivity contribution in [2.45, 2.75) is 61.6 Å². The van der Waals surface area contributed by atoms with Crippen molar-refractivity contribution in [3.8, 4) is 0 Å². The Morgan fingerprint density at radius 1 is 1.23 bits per heavy atom. The van der Waals surface area contributed by atoms with Gasteiger partial charge in [-0.1, -0.05) is 52.9 Å². The molecular formula is C17H25IN2O2. The van der Waals surface area contributed by atoms with Gasteiger partial charge in [-0.25, -0.2) is 0 Å². The van der Waals surface area contributed by atoms with Gasteiger partial charge in [0, 0.05) is 17.1 Å². The number of hydrogen-bond acceptors (Lipinski definition) is 3. The molecule has 4 nitrogen and oxygen atoms in total. The van der Waals surface area contributed by atoms with Gasteiger partial charge in [-0.05, 0) is 46.1 Å². The number of benzene rings is 1. The first-order chi connectivity index (χ1) is 10.1. The standard InChI is InChI=1S/C17H25IN2O2/c1-16(2)10-13(11-17(3,4)20(16)22)19-15(21)14(18)12-8-6-5-7-9-12/h5-9,13-14,22H,10-11H2,1-4H3,(H,19,21).